The Kier molecular flexibility index (Phi) is 2.31. The van der Waals surface area contributed by atoms with Gasteiger partial charge >= 0.3 is 0 Å². The summed E-state index contributed by atoms with van der Waals surface area (Å²) in [4.78, 5) is 6.14. The molecule has 0 amide bonds. The van der Waals surface area contributed by atoms with Gasteiger partial charge in [0.15, 0.2) is 5.82 Å². The lowest BCUT2D eigenvalue weighted by atomic mass is 10.4. The van der Waals surface area contributed by atoms with Crippen molar-refractivity contribution < 1.29 is 0 Å². The highest BCUT2D eigenvalue weighted by Gasteiger charge is 2.23. The maximum Gasteiger partial charge on any atom is 0.244 e. The fourth-order valence-electron chi connectivity index (χ4n) is 1.24. The van der Waals surface area contributed by atoms with Crippen molar-refractivity contribution in [2.24, 2.45) is 5.92 Å². The van der Waals surface area contributed by atoms with Crippen molar-refractivity contribution in [3.8, 4) is 0 Å². The first kappa shape index (κ1) is 8.69. The minimum Gasteiger partial charge on any atom is -0.358 e. The molecule has 2 rings (SSSR count). The monoisotopic (exact) mass is 198 g/mol. The molecule has 1 heterocycles. The quantitative estimate of drug-likeness (QED) is 0.736. The number of hydrogen-bond acceptors (Lipinski definition) is 4. The third-order valence-corrected chi connectivity index (χ3v) is 2.30. The van der Waals surface area contributed by atoms with Crippen LogP contribution in [0.1, 0.15) is 12.8 Å². The zero-order valence-electron chi connectivity index (χ0n) is 7.44. The van der Waals surface area contributed by atoms with Gasteiger partial charge in [-0.05, 0) is 30.4 Å². The van der Waals surface area contributed by atoms with E-state index >= 15 is 0 Å². The van der Waals surface area contributed by atoms with Crippen LogP contribution in [-0.4, -0.2) is 28.8 Å². The molecule has 70 valence electrons. The zero-order valence-corrected chi connectivity index (χ0v) is 8.20. The van der Waals surface area contributed by atoms with E-state index in [0.29, 0.717) is 0 Å². The number of anilines is 1. The van der Waals surface area contributed by atoms with Crippen LogP contribution in [0.4, 0.5) is 5.82 Å². The normalized spacial score (nSPS) is 15.8. The summed E-state index contributed by atoms with van der Waals surface area (Å²) in [5, 5.41) is 7.55. The molecule has 0 spiro atoms. The summed E-state index contributed by atoms with van der Waals surface area (Å²) in [6, 6.07) is 0. The van der Waals surface area contributed by atoms with E-state index in [-0.39, 0.29) is 5.28 Å². The lowest BCUT2D eigenvalue weighted by Crippen LogP contribution is -2.21. The Morgan fingerprint density at radius 2 is 2.38 bits per heavy atom. The van der Waals surface area contributed by atoms with Crippen LogP contribution in [0.5, 0.6) is 0 Å². The average molecular weight is 199 g/mol. The van der Waals surface area contributed by atoms with Crippen LogP contribution in [0.2, 0.25) is 5.28 Å². The second-order valence-corrected chi connectivity index (χ2v) is 3.75. The van der Waals surface area contributed by atoms with Gasteiger partial charge in [-0.15, -0.1) is 5.10 Å². The zero-order chi connectivity index (χ0) is 9.26. The van der Waals surface area contributed by atoms with Gasteiger partial charge in [0.2, 0.25) is 5.28 Å². The molecule has 1 aliphatic carbocycles. The van der Waals surface area contributed by atoms with Gasteiger partial charge in [0, 0.05) is 13.6 Å². The van der Waals surface area contributed by atoms with E-state index < -0.39 is 0 Å². The Hall–Kier alpha value is -0.900. The molecule has 4 nitrogen and oxygen atoms in total. The van der Waals surface area contributed by atoms with Crippen LogP contribution in [0, 0.1) is 5.92 Å². The molecule has 1 aromatic rings. The van der Waals surface area contributed by atoms with Crippen LogP contribution < -0.4 is 4.90 Å². The van der Waals surface area contributed by atoms with Crippen LogP contribution in [0.25, 0.3) is 0 Å². The molecule has 0 bridgehead atoms. The van der Waals surface area contributed by atoms with Gasteiger partial charge in [0.1, 0.15) is 0 Å². The van der Waals surface area contributed by atoms with Crippen LogP contribution >= 0.6 is 11.6 Å². The van der Waals surface area contributed by atoms with Gasteiger partial charge in [0.25, 0.3) is 0 Å². The predicted octanol–water partition coefficient (Wildman–Crippen LogP) is 1.37. The molecule has 5 heteroatoms. The number of aromatic nitrogens is 3. The topological polar surface area (TPSA) is 41.9 Å². The van der Waals surface area contributed by atoms with E-state index in [4.69, 9.17) is 11.6 Å². The third kappa shape index (κ3) is 2.28. The maximum atomic E-state index is 5.63. The largest absolute Gasteiger partial charge is 0.358 e. The highest BCUT2D eigenvalue weighted by molar-refractivity contribution is 6.28. The first-order valence-corrected chi connectivity index (χ1v) is 4.70. The fraction of sp³-hybridized carbons (Fsp3) is 0.625. The second-order valence-electron chi connectivity index (χ2n) is 3.41. The van der Waals surface area contributed by atoms with Crippen molar-refractivity contribution in [2.75, 3.05) is 18.5 Å². The standard InChI is InChI=1S/C8H11ClN4/c1-13(5-6-2-3-6)7-4-10-12-8(9)11-7/h4,6H,2-3,5H2,1H3. The van der Waals surface area contributed by atoms with Gasteiger partial charge in [-0.3, -0.25) is 0 Å². The van der Waals surface area contributed by atoms with Crippen molar-refractivity contribution in [1.29, 1.82) is 0 Å². The Balaban J connectivity index is 2.04. The molecule has 0 aliphatic heterocycles. The lowest BCUT2D eigenvalue weighted by Gasteiger charge is -2.16. The van der Waals surface area contributed by atoms with Crippen molar-refractivity contribution in [1.82, 2.24) is 15.2 Å². The minimum atomic E-state index is 0.208. The van der Waals surface area contributed by atoms with Crippen LogP contribution in [0.3, 0.4) is 0 Å². The molecule has 13 heavy (non-hydrogen) atoms. The molecule has 1 fully saturated rings. The summed E-state index contributed by atoms with van der Waals surface area (Å²) in [5.41, 5.74) is 0. The molecular weight excluding hydrogens is 188 g/mol. The van der Waals surface area contributed by atoms with Crippen LogP contribution in [-0.2, 0) is 0 Å². The molecule has 0 saturated heterocycles. The van der Waals surface area contributed by atoms with Crippen molar-refractivity contribution >= 4 is 17.4 Å². The summed E-state index contributed by atoms with van der Waals surface area (Å²) in [5.74, 6) is 1.63. The van der Waals surface area contributed by atoms with Gasteiger partial charge in [-0.1, -0.05) is 0 Å². The Bertz CT molecular complexity index is 300. The molecule has 1 aromatic heterocycles. The van der Waals surface area contributed by atoms with Gasteiger partial charge in [-0.2, -0.15) is 10.1 Å². The molecule has 0 unspecified atom stereocenters. The van der Waals surface area contributed by atoms with Gasteiger partial charge < -0.3 is 4.90 Å². The molecule has 1 aliphatic rings. The Labute approximate surface area is 81.9 Å². The molecular formula is C8H11ClN4. The molecule has 1 saturated carbocycles. The smallest absolute Gasteiger partial charge is 0.244 e. The van der Waals surface area contributed by atoms with Gasteiger partial charge in [-0.25, -0.2) is 0 Å². The number of halogens is 1. The summed E-state index contributed by atoms with van der Waals surface area (Å²) in [7, 11) is 2.00. The molecule has 0 aromatic carbocycles. The highest BCUT2D eigenvalue weighted by atomic mass is 35.5. The van der Waals surface area contributed by atoms with E-state index in [2.05, 4.69) is 20.1 Å². The van der Waals surface area contributed by atoms with Gasteiger partial charge in [0.05, 0.1) is 6.20 Å². The molecule has 0 radical (unpaired) electrons. The van der Waals surface area contributed by atoms with Crippen molar-refractivity contribution in [3.63, 3.8) is 0 Å². The maximum absolute atomic E-state index is 5.63. The van der Waals surface area contributed by atoms with Crippen molar-refractivity contribution in [3.05, 3.63) is 11.5 Å². The average Bonchev–Trinajstić information content (AvgIpc) is 2.88. The highest BCUT2D eigenvalue weighted by Crippen LogP contribution is 2.30. The number of nitrogens with zero attached hydrogens (tertiary/aromatic N) is 4. The fourth-order valence-corrected chi connectivity index (χ4v) is 1.37. The summed E-state index contributed by atoms with van der Waals surface area (Å²) < 4.78 is 0. The number of hydrogen-bond donors (Lipinski definition) is 0. The van der Waals surface area contributed by atoms with Crippen molar-refractivity contribution in [2.45, 2.75) is 12.8 Å². The predicted molar refractivity (Wildman–Crippen MR) is 50.8 cm³/mol. The number of rotatable bonds is 3. The SMILES string of the molecule is CN(CC1CC1)c1cnnc(Cl)n1. The van der Waals surface area contributed by atoms with E-state index in [1.807, 2.05) is 7.05 Å². The molecule has 0 atom stereocenters. The Morgan fingerprint density at radius 3 is 3.00 bits per heavy atom. The summed E-state index contributed by atoms with van der Waals surface area (Å²) in [6.07, 6.45) is 4.29. The lowest BCUT2D eigenvalue weighted by molar-refractivity contribution is 0.768. The summed E-state index contributed by atoms with van der Waals surface area (Å²) >= 11 is 5.63. The van der Waals surface area contributed by atoms with E-state index in [0.717, 1.165) is 18.3 Å². The van der Waals surface area contributed by atoms with E-state index in [1.165, 1.54) is 12.8 Å². The van der Waals surface area contributed by atoms with E-state index in [1.54, 1.807) is 6.20 Å². The van der Waals surface area contributed by atoms with Crippen LogP contribution in [0.15, 0.2) is 6.20 Å². The second kappa shape index (κ2) is 3.46. The first-order valence-electron chi connectivity index (χ1n) is 4.32. The Morgan fingerprint density at radius 1 is 1.62 bits per heavy atom. The molecule has 0 N–H and O–H groups in total. The van der Waals surface area contributed by atoms with E-state index in [9.17, 15) is 0 Å². The minimum absolute atomic E-state index is 0.208. The summed E-state index contributed by atoms with van der Waals surface area (Å²) in [6.45, 7) is 1.04. The first-order chi connectivity index (χ1) is 6.25. The third-order valence-electron chi connectivity index (χ3n) is 2.14.